The highest BCUT2D eigenvalue weighted by molar-refractivity contribution is 14.0. The number of hydrogen-bond donors (Lipinski definition) is 2. The van der Waals surface area contributed by atoms with Gasteiger partial charge in [-0.15, -0.1) is 24.0 Å². The summed E-state index contributed by atoms with van der Waals surface area (Å²) in [4.78, 5) is 8.68. The van der Waals surface area contributed by atoms with E-state index in [1.807, 2.05) is 30.6 Å². The quantitative estimate of drug-likeness (QED) is 0.326. The van der Waals surface area contributed by atoms with Crippen LogP contribution >= 0.6 is 35.6 Å². The standard InChI is InChI=1S/C19H28ClN5O.HI/c1-14(2)13-25-10-9-22-18(25)12-24-19(21-3)23-8-7-15-5-6-16(26-4)11-17(15)20;/h5-6,9-11,14H,7-8,12-13H2,1-4H3,(H2,21,23,24);1H. The van der Waals surface area contributed by atoms with E-state index >= 15 is 0 Å². The van der Waals surface area contributed by atoms with Crippen LogP contribution in [-0.2, 0) is 19.5 Å². The fraction of sp³-hybridized carbons (Fsp3) is 0.474. The van der Waals surface area contributed by atoms with E-state index in [1.54, 1.807) is 14.2 Å². The van der Waals surface area contributed by atoms with Gasteiger partial charge in [0.25, 0.3) is 0 Å². The Labute approximate surface area is 183 Å². The van der Waals surface area contributed by atoms with Gasteiger partial charge in [-0.05, 0) is 30.0 Å². The van der Waals surface area contributed by atoms with Crippen molar-refractivity contribution in [1.82, 2.24) is 20.2 Å². The molecule has 2 rings (SSSR count). The van der Waals surface area contributed by atoms with Gasteiger partial charge in [-0.3, -0.25) is 4.99 Å². The van der Waals surface area contributed by atoms with E-state index < -0.39 is 0 Å². The molecule has 0 aliphatic carbocycles. The van der Waals surface area contributed by atoms with E-state index in [1.165, 1.54) is 0 Å². The summed E-state index contributed by atoms with van der Waals surface area (Å²) < 4.78 is 7.34. The smallest absolute Gasteiger partial charge is 0.191 e. The molecule has 1 heterocycles. The van der Waals surface area contributed by atoms with Gasteiger partial charge in [-0.2, -0.15) is 0 Å². The molecular weight excluding hydrogens is 477 g/mol. The number of nitrogens with one attached hydrogen (secondary N) is 2. The summed E-state index contributed by atoms with van der Waals surface area (Å²) in [5.74, 6) is 3.09. The number of aromatic nitrogens is 2. The van der Waals surface area contributed by atoms with E-state index in [9.17, 15) is 0 Å². The maximum atomic E-state index is 6.28. The summed E-state index contributed by atoms with van der Waals surface area (Å²) in [5, 5.41) is 7.33. The molecule has 1 aromatic heterocycles. The number of hydrogen-bond acceptors (Lipinski definition) is 3. The van der Waals surface area contributed by atoms with Gasteiger partial charge < -0.3 is 19.9 Å². The minimum atomic E-state index is 0. The largest absolute Gasteiger partial charge is 0.497 e. The van der Waals surface area contributed by atoms with Crippen LogP contribution in [0.5, 0.6) is 5.75 Å². The number of rotatable bonds is 8. The Morgan fingerprint density at radius 2 is 2.11 bits per heavy atom. The van der Waals surface area contributed by atoms with E-state index in [0.717, 1.165) is 42.6 Å². The SMILES string of the molecule is CN=C(NCCc1ccc(OC)cc1Cl)NCc1nccn1CC(C)C.I. The number of imidazole rings is 1. The van der Waals surface area contributed by atoms with E-state index in [2.05, 4.69) is 39.0 Å². The average molecular weight is 506 g/mol. The second kappa shape index (κ2) is 12.1. The Morgan fingerprint density at radius 1 is 1.33 bits per heavy atom. The van der Waals surface area contributed by atoms with Gasteiger partial charge in [0, 0.05) is 37.6 Å². The molecule has 0 aliphatic rings. The number of ether oxygens (including phenoxy) is 1. The summed E-state index contributed by atoms with van der Waals surface area (Å²) in [5.41, 5.74) is 1.07. The van der Waals surface area contributed by atoms with E-state index in [4.69, 9.17) is 16.3 Å². The molecule has 1 aromatic carbocycles. The second-order valence-corrected chi connectivity index (χ2v) is 6.86. The zero-order valence-corrected chi connectivity index (χ0v) is 19.4. The first-order valence-corrected chi connectivity index (χ1v) is 9.18. The van der Waals surface area contributed by atoms with Gasteiger partial charge in [-0.1, -0.05) is 31.5 Å². The lowest BCUT2D eigenvalue weighted by Crippen LogP contribution is -2.38. The van der Waals surface area contributed by atoms with Crippen molar-refractivity contribution in [1.29, 1.82) is 0 Å². The molecule has 0 spiro atoms. The summed E-state index contributed by atoms with van der Waals surface area (Å²) in [7, 11) is 3.39. The van der Waals surface area contributed by atoms with Crippen LogP contribution in [-0.4, -0.2) is 36.2 Å². The van der Waals surface area contributed by atoms with Gasteiger partial charge in [0.1, 0.15) is 11.6 Å². The molecule has 6 nitrogen and oxygen atoms in total. The summed E-state index contributed by atoms with van der Waals surface area (Å²) in [6.07, 6.45) is 4.64. The third-order valence-corrected chi connectivity index (χ3v) is 4.30. The van der Waals surface area contributed by atoms with Crippen LogP contribution in [0.3, 0.4) is 0 Å². The van der Waals surface area contributed by atoms with Crippen molar-refractivity contribution in [3.05, 3.63) is 47.0 Å². The van der Waals surface area contributed by atoms with Crippen molar-refractivity contribution >= 4 is 41.5 Å². The number of guanidine groups is 1. The predicted octanol–water partition coefficient (Wildman–Crippen LogP) is 3.73. The van der Waals surface area contributed by atoms with Crippen LogP contribution in [0.2, 0.25) is 5.02 Å². The zero-order chi connectivity index (χ0) is 18.9. The normalized spacial score (nSPS) is 11.3. The molecule has 0 amide bonds. The molecular formula is C19H29ClIN5O. The molecule has 0 saturated heterocycles. The molecule has 0 unspecified atom stereocenters. The lowest BCUT2D eigenvalue weighted by Gasteiger charge is -2.14. The first kappa shape index (κ1) is 23.6. The Hall–Kier alpha value is -1.48. The predicted molar refractivity (Wildman–Crippen MR) is 122 cm³/mol. The number of benzene rings is 1. The van der Waals surface area contributed by atoms with Crippen molar-refractivity contribution in [3.8, 4) is 5.75 Å². The molecule has 0 atom stereocenters. The first-order chi connectivity index (χ1) is 12.5. The monoisotopic (exact) mass is 505 g/mol. The van der Waals surface area contributed by atoms with Crippen LogP contribution in [0.4, 0.5) is 0 Å². The first-order valence-electron chi connectivity index (χ1n) is 8.80. The maximum absolute atomic E-state index is 6.28. The third-order valence-electron chi connectivity index (χ3n) is 3.95. The van der Waals surface area contributed by atoms with Crippen molar-refractivity contribution in [2.45, 2.75) is 33.4 Å². The van der Waals surface area contributed by atoms with Gasteiger partial charge in [-0.25, -0.2) is 4.98 Å². The highest BCUT2D eigenvalue weighted by atomic mass is 127. The van der Waals surface area contributed by atoms with E-state index in [-0.39, 0.29) is 24.0 Å². The lowest BCUT2D eigenvalue weighted by atomic mass is 10.1. The summed E-state index contributed by atoms with van der Waals surface area (Å²) in [6.45, 7) is 6.71. The number of halogens is 2. The molecule has 0 saturated carbocycles. The Balaban J connectivity index is 0.00000364. The fourth-order valence-corrected chi connectivity index (χ4v) is 2.89. The van der Waals surface area contributed by atoms with Crippen molar-refractivity contribution in [2.75, 3.05) is 20.7 Å². The van der Waals surface area contributed by atoms with Crippen molar-refractivity contribution < 1.29 is 4.74 Å². The number of aliphatic imine (C=N–C) groups is 1. The third kappa shape index (κ3) is 7.57. The molecule has 0 bridgehead atoms. The summed E-state index contributed by atoms with van der Waals surface area (Å²) >= 11 is 6.28. The van der Waals surface area contributed by atoms with Crippen LogP contribution in [0.1, 0.15) is 25.2 Å². The van der Waals surface area contributed by atoms with Gasteiger partial charge >= 0.3 is 0 Å². The fourth-order valence-electron chi connectivity index (χ4n) is 2.62. The average Bonchev–Trinajstić information content (AvgIpc) is 3.05. The van der Waals surface area contributed by atoms with Crippen LogP contribution in [0, 0.1) is 5.92 Å². The zero-order valence-electron chi connectivity index (χ0n) is 16.3. The van der Waals surface area contributed by atoms with Crippen molar-refractivity contribution in [3.63, 3.8) is 0 Å². The molecule has 2 N–H and O–H groups in total. The molecule has 0 aliphatic heterocycles. The molecule has 2 aromatic rings. The summed E-state index contributed by atoms with van der Waals surface area (Å²) in [6, 6.07) is 5.74. The maximum Gasteiger partial charge on any atom is 0.191 e. The van der Waals surface area contributed by atoms with Gasteiger partial charge in [0.15, 0.2) is 5.96 Å². The number of nitrogens with zero attached hydrogens (tertiary/aromatic N) is 3. The number of methoxy groups -OCH3 is 1. The van der Waals surface area contributed by atoms with E-state index in [0.29, 0.717) is 17.5 Å². The highest BCUT2D eigenvalue weighted by Crippen LogP contribution is 2.22. The Kier molecular flexibility index (Phi) is 10.5. The minimum absolute atomic E-state index is 0. The molecule has 150 valence electrons. The Morgan fingerprint density at radius 3 is 2.74 bits per heavy atom. The molecule has 8 heteroatoms. The molecule has 0 fully saturated rings. The topological polar surface area (TPSA) is 63.5 Å². The van der Waals surface area contributed by atoms with Crippen LogP contribution in [0.15, 0.2) is 35.6 Å². The van der Waals surface area contributed by atoms with Crippen molar-refractivity contribution in [2.24, 2.45) is 10.9 Å². The molecule has 27 heavy (non-hydrogen) atoms. The van der Waals surface area contributed by atoms with Crippen LogP contribution in [0.25, 0.3) is 0 Å². The van der Waals surface area contributed by atoms with Gasteiger partial charge in [0.05, 0.1) is 13.7 Å². The highest BCUT2D eigenvalue weighted by Gasteiger charge is 2.07. The second-order valence-electron chi connectivity index (χ2n) is 6.45. The molecule has 0 radical (unpaired) electrons. The Bertz CT molecular complexity index is 733. The van der Waals surface area contributed by atoms with Gasteiger partial charge in [0.2, 0.25) is 0 Å². The van der Waals surface area contributed by atoms with Crippen LogP contribution < -0.4 is 15.4 Å². The lowest BCUT2D eigenvalue weighted by molar-refractivity contribution is 0.414. The minimum Gasteiger partial charge on any atom is -0.497 e.